The van der Waals surface area contributed by atoms with Gasteiger partial charge in [-0.25, -0.2) is 0 Å². The molecule has 3 atom stereocenters. The van der Waals surface area contributed by atoms with Crippen molar-refractivity contribution >= 4 is 16.9 Å². The van der Waals surface area contributed by atoms with Crippen LogP contribution in [-0.2, 0) is 11.2 Å². The molecule has 1 aliphatic heterocycles. The van der Waals surface area contributed by atoms with Gasteiger partial charge in [0.1, 0.15) is 11.5 Å². The van der Waals surface area contributed by atoms with E-state index in [9.17, 15) is 15.0 Å². The van der Waals surface area contributed by atoms with Crippen LogP contribution in [0.5, 0.6) is 11.5 Å². The summed E-state index contributed by atoms with van der Waals surface area (Å²) in [4.78, 5) is 18.3. The predicted octanol–water partition coefficient (Wildman–Crippen LogP) is 5.50. The molecule has 2 N–H and O–H groups in total. The van der Waals surface area contributed by atoms with Crippen LogP contribution in [0.4, 0.5) is 0 Å². The number of aromatic nitrogens is 1. The number of piperidine rings is 1. The first kappa shape index (κ1) is 27.9. The van der Waals surface area contributed by atoms with Crippen molar-refractivity contribution in [3.63, 3.8) is 0 Å². The van der Waals surface area contributed by atoms with Gasteiger partial charge in [0.05, 0.1) is 25.8 Å². The number of carboxylic acid groups (broad SMARTS) is 1. The highest BCUT2D eigenvalue weighted by Gasteiger charge is 2.30. The lowest BCUT2D eigenvalue weighted by Gasteiger charge is -2.39. The van der Waals surface area contributed by atoms with E-state index in [2.05, 4.69) is 22.0 Å². The topological polar surface area (TPSA) is 92.1 Å². The average Bonchev–Trinajstić information content (AvgIpc) is 2.94. The normalized spacial score (nSPS) is 18.8. The fourth-order valence-electron chi connectivity index (χ4n) is 5.80. The fourth-order valence-corrected chi connectivity index (χ4v) is 5.80. The Morgan fingerprint density at radius 1 is 1.08 bits per heavy atom. The summed E-state index contributed by atoms with van der Waals surface area (Å²) in [6, 6.07) is 15.8. The van der Waals surface area contributed by atoms with E-state index in [1.807, 2.05) is 36.4 Å². The minimum Gasteiger partial charge on any atom is -0.497 e. The van der Waals surface area contributed by atoms with Gasteiger partial charge in [0.25, 0.3) is 0 Å². The Bertz CT molecular complexity index is 1200. The van der Waals surface area contributed by atoms with Crippen LogP contribution in [-0.4, -0.2) is 59.9 Å². The number of rotatable bonds is 13. The number of ether oxygens (including phenoxy) is 2. The maximum Gasteiger partial charge on any atom is 0.303 e. The highest BCUT2D eigenvalue weighted by molar-refractivity contribution is 5.83. The molecule has 0 aliphatic carbocycles. The minimum absolute atomic E-state index is 0.191. The van der Waals surface area contributed by atoms with Crippen molar-refractivity contribution in [2.45, 2.75) is 51.0 Å². The monoisotopic (exact) mass is 520 g/mol. The lowest BCUT2D eigenvalue weighted by Crippen LogP contribution is -2.41. The molecule has 1 saturated heterocycles. The zero-order valence-corrected chi connectivity index (χ0v) is 22.5. The highest BCUT2D eigenvalue weighted by atomic mass is 16.5. The van der Waals surface area contributed by atoms with Gasteiger partial charge in [0, 0.05) is 24.5 Å². The number of carbonyl (C=O) groups is 1. The number of likely N-dealkylation sites (tertiary alicyclic amines) is 1. The molecular formula is C31H40N2O5. The zero-order valence-electron chi connectivity index (χ0n) is 22.5. The smallest absolute Gasteiger partial charge is 0.303 e. The Hall–Kier alpha value is -3.16. The second kappa shape index (κ2) is 13.6. The van der Waals surface area contributed by atoms with Crippen LogP contribution in [0.1, 0.15) is 55.8 Å². The van der Waals surface area contributed by atoms with E-state index in [1.165, 1.54) is 5.56 Å². The van der Waals surface area contributed by atoms with Crippen LogP contribution in [0.3, 0.4) is 0 Å². The van der Waals surface area contributed by atoms with Crippen LogP contribution in [0.15, 0.2) is 54.7 Å². The summed E-state index contributed by atoms with van der Waals surface area (Å²) in [6.07, 6.45) is 6.60. The first-order valence-corrected chi connectivity index (χ1v) is 13.6. The molecule has 204 valence electrons. The number of nitrogens with zero attached hydrogens (tertiary/aromatic N) is 2. The Labute approximate surface area is 225 Å². The quantitative estimate of drug-likeness (QED) is 0.307. The number of pyridine rings is 1. The molecule has 1 aromatic heterocycles. The highest BCUT2D eigenvalue weighted by Crippen LogP contribution is 2.35. The number of aliphatic carboxylic acids is 1. The summed E-state index contributed by atoms with van der Waals surface area (Å²) >= 11 is 0. The van der Waals surface area contributed by atoms with E-state index >= 15 is 0 Å². The Morgan fingerprint density at radius 2 is 1.89 bits per heavy atom. The van der Waals surface area contributed by atoms with Crippen molar-refractivity contribution in [1.29, 1.82) is 0 Å². The van der Waals surface area contributed by atoms with Crippen molar-refractivity contribution in [3.05, 3.63) is 65.9 Å². The molecule has 3 aromatic rings. The number of benzene rings is 2. The summed E-state index contributed by atoms with van der Waals surface area (Å²) in [7, 11) is 3.33. The summed E-state index contributed by atoms with van der Waals surface area (Å²) in [6.45, 7) is 2.93. The number of aryl methyl sites for hydroxylation is 1. The third-order valence-electron chi connectivity index (χ3n) is 7.93. The summed E-state index contributed by atoms with van der Waals surface area (Å²) < 4.78 is 10.7. The maximum absolute atomic E-state index is 11.4. The molecular weight excluding hydrogens is 480 g/mol. The summed E-state index contributed by atoms with van der Waals surface area (Å²) in [5.41, 5.74) is 2.98. The van der Waals surface area contributed by atoms with Crippen molar-refractivity contribution in [1.82, 2.24) is 9.88 Å². The van der Waals surface area contributed by atoms with Gasteiger partial charge in [-0.3, -0.25) is 9.78 Å². The minimum atomic E-state index is -0.740. The molecule has 0 spiro atoms. The van der Waals surface area contributed by atoms with E-state index in [0.717, 1.165) is 73.3 Å². The predicted molar refractivity (Wildman–Crippen MR) is 149 cm³/mol. The Morgan fingerprint density at radius 3 is 2.68 bits per heavy atom. The second-order valence-corrected chi connectivity index (χ2v) is 10.4. The number of carboxylic acids is 1. The SMILES string of the molecule is COc1cccc(CCCN2CC[C@@H](CC[C@@H](O)c3ccnc4ccc(OC)cc34)[C@H](CCC(=O)O)C2)c1. The van der Waals surface area contributed by atoms with E-state index in [-0.39, 0.29) is 6.42 Å². The van der Waals surface area contributed by atoms with Crippen molar-refractivity contribution < 1.29 is 24.5 Å². The number of fused-ring (bicyclic) bond motifs is 1. The van der Waals surface area contributed by atoms with Gasteiger partial charge in [0.15, 0.2) is 0 Å². The van der Waals surface area contributed by atoms with Gasteiger partial charge in [-0.2, -0.15) is 0 Å². The van der Waals surface area contributed by atoms with Gasteiger partial charge in [0.2, 0.25) is 0 Å². The number of aliphatic hydroxyl groups is 1. The summed E-state index contributed by atoms with van der Waals surface area (Å²) in [5, 5.41) is 21.4. The second-order valence-electron chi connectivity index (χ2n) is 10.4. The first-order valence-electron chi connectivity index (χ1n) is 13.6. The molecule has 4 rings (SSSR count). The molecule has 2 heterocycles. The van der Waals surface area contributed by atoms with Gasteiger partial charge in [-0.05, 0) is 111 Å². The van der Waals surface area contributed by atoms with Crippen LogP contribution < -0.4 is 9.47 Å². The molecule has 38 heavy (non-hydrogen) atoms. The summed E-state index contributed by atoms with van der Waals surface area (Å²) in [5.74, 6) is 1.61. The van der Waals surface area contributed by atoms with Crippen molar-refractivity contribution in [2.75, 3.05) is 33.9 Å². The molecule has 0 unspecified atom stereocenters. The fraction of sp³-hybridized carbons (Fsp3) is 0.484. The standard InChI is InChI=1S/C31H40N2O5/c1-37-25-7-3-5-22(19-25)6-4-17-33-18-15-23(24(21-33)9-13-31(35)36)8-12-30(34)27-14-16-32-29-11-10-26(38-2)20-28(27)29/h3,5,7,10-11,14,16,19-20,23-24,30,34H,4,6,8-9,12-13,15,17-18,21H2,1-2H3,(H,35,36)/t23-,24-,30-/m1/s1. The maximum atomic E-state index is 11.4. The van der Waals surface area contributed by atoms with E-state index in [1.54, 1.807) is 20.4 Å². The molecule has 0 bridgehead atoms. The third-order valence-corrected chi connectivity index (χ3v) is 7.93. The molecule has 7 nitrogen and oxygen atoms in total. The molecule has 1 aliphatic rings. The Kier molecular flexibility index (Phi) is 9.96. The molecule has 7 heteroatoms. The van der Waals surface area contributed by atoms with Gasteiger partial charge >= 0.3 is 5.97 Å². The van der Waals surface area contributed by atoms with Gasteiger partial charge in [-0.1, -0.05) is 12.1 Å². The molecule has 2 aromatic carbocycles. The number of aliphatic hydroxyl groups excluding tert-OH is 1. The number of hydrogen-bond donors (Lipinski definition) is 2. The van der Waals surface area contributed by atoms with E-state index in [4.69, 9.17) is 9.47 Å². The lowest BCUT2D eigenvalue weighted by atomic mass is 9.79. The van der Waals surface area contributed by atoms with Crippen molar-refractivity contribution in [3.8, 4) is 11.5 Å². The van der Waals surface area contributed by atoms with Crippen molar-refractivity contribution in [2.24, 2.45) is 11.8 Å². The van der Waals surface area contributed by atoms with Gasteiger partial charge in [-0.15, -0.1) is 0 Å². The Balaban J connectivity index is 1.34. The number of hydrogen-bond acceptors (Lipinski definition) is 6. The van der Waals surface area contributed by atoms with Crippen LogP contribution in [0, 0.1) is 11.8 Å². The molecule has 0 amide bonds. The molecule has 1 fully saturated rings. The third kappa shape index (κ3) is 7.45. The largest absolute Gasteiger partial charge is 0.497 e. The lowest BCUT2D eigenvalue weighted by molar-refractivity contribution is -0.137. The zero-order chi connectivity index (χ0) is 26.9. The van der Waals surface area contributed by atoms with Crippen LogP contribution in [0.2, 0.25) is 0 Å². The average molecular weight is 521 g/mol. The van der Waals surface area contributed by atoms with E-state index < -0.39 is 12.1 Å². The first-order chi connectivity index (χ1) is 18.5. The van der Waals surface area contributed by atoms with Gasteiger partial charge < -0.3 is 24.6 Å². The number of methoxy groups -OCH3 is 2. The molecule has 0 radical (unpaired) electrons. The van der Waals surface area contributed by atoms with E-state index in [0.29, 0.717) is 24.7 Å². The molecule has 0 saturated carbocycles. The van der Waals surface area contributed by atoms with Crippen LogP contribution >= 0.6 is 0 Å². The van der Waals surface area contributed by atoms with Crippen LogP contribution in [0.25, 0.3) is 10.9 Å².